The lowest BCUT2D eigenvalue weighted by Crippen LogP contribution is -2.35. The lowest BCUT2D eigenvalue weighted by atomic mass is 9.91. The first-order chi connectivity index (χ1) is 9.63. The average Bonchev–Trinajstić information content (AvgIpc) is 2.74. The van der Waals surface area contributed by atoms with E-state index in [1.54, 1.807) is 17.0 Å². The van der Waals surface area contributed by atoms with Crippen LogP contribution in [-0.2, 0) is 4.79 Å². The molecule has 0 spiro atoms. The van der Waals surface area contributed by atoms with E-state index in [1.807, 2.05) is 6.07 Å². The van der Waals surface area contributed by atoms with Crippen molar-refractivity contribution in [2.45, 2.75) is 32.1 Å². The van der Waals surface area contributed by atoms with E-state index in [1.165, 1.54) is 0 Å². The highest BCUT2D eigenvalue weighted by Crippen LogP contribution is 2.16. The van der Waals surface area contributed by atoms with Crippen LogP contribution in [0.15, 0.2) is 0 Å². The van der Waals surface area contributed by atoms with Gasteiger partial charge in [-0.2, -0.15) is 15.8 Å². The Labute approximate surface area is 118 Å². The first-order valence-corrected chi connectivity index (χ1v) is 6.69. The monoisotopic (exact) mass is 271 g/mol. The largest absolute Gasteiger partial charge is 0.343 e. The molecule has 1 rings (SSSR count). The average molecular weight is 271 g/mol. The van der Waals surface area contributed by atoms with Crippen molar-refractivity contribution in [1.82, 2.24) is 4.90 Å². The molecule has 0 aliphatic carbocycles. The molecular weight excluding hydrogens is 254 g/mol. The topological polar surface area (TPSA) is 116 Å². The summed E-state index contributed by atoms with van der Waals surface area (Å²) in [6.07, 6.45) is 4.01. The van der Waals surface area contributed by atoms with Crippen LogP contribution in [0.4, 0.5) is 0 Å². The van der Waals surface area contributed by atoms with E-state index in [-0.39, 0.29) is 18.0 Å². The smallest absolute Gasteiger partial charge is 0.224 e. The number of hydrogen-bond donors (Lipinski definition) is 1. The van der Waals surface area contributed by atoms with Gasteiger partial charge in [-0.15, -0.1) is 0 Å². The van der Waals surface area contributed by atoms with Gasteiger partial charge in [-0.25, -0.2) is 0 Å². The Balaban J connectivity index is 2.67. The Morgan fingerprint density at radius 2 is 1.60 bits per heavy atom. The van der Waals surface area contributed by atoms with Crippen LogP contribution in [-0.4, -0.2) is 29.6 Å². The summed E-state index contributed by atoms with van der Waals surface area (Å²) in [4.78, 5) is 13.9. The van der Waals surface area contributed by atoms with E-state index in [0.29, 0.717) is 13.1 Å². The molecule has 6 nitrogen and oxygen atoms in total. The molecule has 0 aromatic heterocycles. The van der Waals surface area contributed by atoms with Crippen molar-refractivity contribution in [1.29, 1.82) is 21.2 Å². The summed E-state index contributed by atoms with van der Waals surface area (Å²) in [6.45, 7) is 1.37. The molecule has 1 atom stereocenters. The second-order valence-corrected chi connectivity index (χ2v) is 4.83. The zero-order valence-electron chi connectivity index (χ0n) is 11.3. The number of nitrogens with one attached hydrogen (secondary N) is 1. The van der Waals surface area contributed by atoms with Gasteiger partial charge in [-0.05, 0) is 12.8 Å². The molecule has 1 heterocycles. The van der Waals surface area contributed by atoms with Crippen molar-refractivity contribution < 1.29 is 4.79 Å². The van der Waals surface area contributed by atoms with Gasteiger partial charge in [0.05, 0.1) is 29.8 Å². The number of rotatable bonds is 4. The molecule has 1 aliphatic heterocycles. The van der Waals surface area contributed by atoms with Crippen LogP contribution in [0, 0.1) is 51.2 Å². The highest BCUT2D eigenvalue weighted by atomic mass is 16.2. The molecule has 6 heteroatoms. The van der Waals surface area contributed by atoms with Crippen molar-refractivity contribution in [2.75, 3.05) is 13.1 Å². The molecule has 1 amide bonds. The van der Waals surface area contributed by atoms with Gasteiger partial charge in [0.1, 0.15) is 0 Å². The van der Waals surface area contributed by atoms with Crippen molar-refractivity contribution in [3.05, 3.63) is 0 Å². The predicted molar refractivity (Wildman–Crippen MR) is 71.2 cm³/mol. The van der Waals surface area contributed by atoms with E-state index >= 15 is 0 Å². The molecule has 104 valence electrons. The highest BCUT2D eigenvalue weighted by Gasteiger charge is 2.27. The summed E-state index contributed by atoms with van der Waals surface area (Å²) in [5, 5.41) is 34.3. The third-order valence-corrected chi connectivity index (χ3v) is 3.44. The summed E-state index contributed by atoms with van der Waals surface area (Å²) >= 11 is 0. The van der Waals surface area contributed by atoms with Crippen LogP contribution in [0.1, 0.15) is 32.1 Å². The Hall–Kier alpha value is -2.39. The maximum Gasteiger partial charge on any atom is 0.224 e. The summed E-state index contributed by atoms with van der Waals surface area (Å²) in [7, 11) is 0. The normalized spacial score (nSPS) is 16.4. The molecule has 1 N–H and O–H groups in total. The van der Waals surface area contributed by atoms with Crippen LogP contribution in [0.5, 0.6) is 0 Å². The zero-order chi connectivity index (χ0) is 15.0. The van der Waals surface area contributed by atoms with E-state index < -0.39 is 11.8 Å². The Morgan fingerprint density at radius 3 is 2.05 bits per heavy atom. The minimum absolute atomic E-state index is 0.116. The number of carbonyl (C=O) groups excluding carboxylic acids is 1. The molecule has 1 fully saturated rings. The van der Waals surface area contributed by atoms with Crippen LogP contribution >= 0.6 is 0 Å². The fourth-order valence-electron chi connectivity index (χ4n) is 2.22. The summed E-state index contributed by atoms with van der Waals surface area (Å²) in [5.74, 6) is -2.41. The SMILES string of the molecule is N#CC(C#N)C(=N)[C@H](C#N)CC(=O)N1CCCCCC1. The highest BCUT2D eigenvalue weighted by molar-refractivity contribution is 5.95. The standard InChI is InChI=1S/C14H17N5O/c15-8-11(14(18)12(9-16)10-17)7-13(20)19-5-3-1-2-4-6-19/h11-12,18H,1-7H2/t11-/m0/s1. The molecular formula is C14H17N5O. The van der Waals surface area contributed by atoms with E-state index in [9.17, 15) is 4.79 Å². The second kappa shape index (κ2) is 7.92. The Kier molecular flexibility index (Phi) is 6.20. The van der Waals surface area contributed by atoms with Gasteiger partial charge in [0.2, 0.25) is 5.91 Å². The molecule has 0 unspecified atom stereocenters. The summed E-state index contributed by atoms with van der Waals surface area (Å²) in [6, 6.07) is 5.20. The fraction of sp³-hybridized carbons (Fsp3) is 0.643. The maximum absolute atomic E-state index is 12.1. The molecule has 20 heavy (non-hydrogen) atoms. The van der Waals surface area contributed by atoms with Crippen molar-refractivity contribution >= 4 is 11.6 Å². The van der Waals surface area contributed by atoms with Gasteiger partial charge < -0.3 is 10.3 Å². The van der Waals surface area contributed by atoms with Gasteiger partial charge in [0.25, 0.3) is 0 Å². The molecule has 0 aromatic rings. The van der Waals surface area contributed by atoms with Crippen molar-refractivity contribution in [3.8, 4) is 18.2 Å². The number of likely N-dealkylation sites (tertiary alicyclic amines) is 1. The minimum atomic E-state index is -1.25. The molecule has 0 bridgehead atoms. The second-order valence-electron chi connectivity index (χ2n) is 4.83. The van der Waals surface area contributed by atoms with Gasteiger partial charge in [0, 0.05) is 19.5 Å². The number of hydrogen-bond acceptors (Lipinski definition) is 5. The van der Waals surface area contributed by atoms with Gasteiger partial charge >= 0.3 is 0 Å². The van der Waals surface area contributed by atoms with E-state index in [4.69, 9.17) is 21.2 Å². The number of nitrogens with zero attached hydrogens (tertiary/aromatic N) is 4. The van der Waals surface area contributed by atoms with Gasteiger partial charge in [-0.3, -0.25) is 4.79 Å². The molecule has 1 aliphatic rings. The third kappa shape index (κ3) is 4.07. The van der Waals surface area contributed by atoms with Crippen LogP contribution < -0.4 is 0 Å². The van der Waals surface area contributed by atoms with Gasteiger partial charge in [-0.1, -0.05) is 12.8 Å². The van der Waals surface area contributed by atoms with Crippen LogP contribution in [0.3, 0.4) is 0 Å². The molecule has 0 radical (unpaired) electrons. The lowest BCUT2D eigenvalue weighted by molar-refractivity contribution is -0.131. The number of carbonyl (C=O) groups is 1. The lowest BCUT2D eigenvalue weighted by Gasteiger charge is -2.21. The molecule has 1 saturated heterocycles. The van der Waals surface area contributed by atoms with Crippen molar-refractivity contribution in [3.63, 3.8) is 0 Å². The van der Waals surface area contributed by atoms with Crippen LogP contribution in [0.2, 0.25) is 0 Å². The summed E-state index contributed by atoms with van der Waals surface area (Å²) < 4.78 is 0. The quantitative estimate of drug-likeness (QED) is 0.781. The van der Waals surface area contributed by atoms with E-state index in [2.05, 4.69) is 0 Å². The predicted octanol–water partition coefficient (Wildman–Crippen LogP) is 1.60. The van der Waals surface area contributed by atoms with Gasteiger partial charge in [0.15, 0.2) is 5.92 Å². The maximum atomic E-state index is 12.1. The Bertz CT molecular complexity index is 471. The number of amides is 1. The molecule has 0 aromatic carbocycles. The van der Waals surface area contributed by atoms with E-state index in [0.717, 1.165) is 25.7 Å². The number of nitriles is 3. The zero-order valence-corrected chi connectivity index (χ0v) is 11.3. The van der Waals surface area contributed by atoms with Crippen LogP contribution in [0.25, 0.3) is 0 Å². The first-order valence-electron chi connectivity index (χ1n) is 6.69. The minimum Gasteiger partial charge on any atom is -0.343 e. The fourth-order valence-corrected chi connectivity index (χ4v) is 2.22. The molecule has 0 saturated carbocycles. The third-order valence-electron chi connectivity index (χ3n) is 3.44. The summed E-state index contributed by atoms with van der Waals surface area (Å²) in [5.41, 5.74) is -0.277. The Morgan fingerprint density at radius 1 is 1.05 bits per heavy atom. The first kappa shape index (κ1) is 15.7. The van der Waals surface area contributed by atoms with Crippen molar-refractivity contribution in [2.24, 2.45) is 11.8 Å².